The van der Waals surface area contributed by atoms with Gasteiger partial charge >= 0.3 is 0 Å². The maximum atomic E-state index is 13.1. The molecule has 0 fully saturated rings. The van der Waals surface area contributed by atoms with Crippen LogP contribution in [0.1, 0.15) is 21.5 Å². The van der Waals surface area contributed by atoms with Crippen molar-refractivity contribution >= 4 is 28.4 Å². The average Bonchev–Trinajstić information content (AvgIpc) is 3.16. The number of hydrogen-bond donors (Lipinski definition) is 0. The lowest BCUT2D eigenvalue weighted by atomic mass is 9.99. The highest BCUT2D eigenvalue weighted by molar-refractivity contribution is 6.30. The quantitative estimate of drug-likeness (QED) is 0.465. The topological polar surface area (TPSA) is 46.3 Å². The summed E-state index contributed by atoms with van der Waals surface area (Å²) in [4.78, 5) is 15.0. The number of nitrogens with zero attached hydrogens (tertiary/aromatic N) is 2. The van der Waals surface area contributed by atoms with E-state index in [4.69, 9.17) is 16.1 Å². The van der Waals surface area contributed by atoms with Gasteiger partial charge in [0.15, 0.2) is 5.76 Å². The molecule has 4 nitrogen and oxygen atoms in total. The Hall–Kier alpha value is -3.11. The highest BCUT2D eigenvalue weighted by Crippen LogP contribution is 2.31. The van der Waals surface area contributed by atoms with Crippen LogP contribution in [-0.2, 0) is 13.0 Å². The van der Waals surface area contributed by atoms with Gasteiger partial charge in [-0.15, -0.1) is 0 Å². The maximum absolute atomic E-state index is 13.1. The van der Waals surface area contributed by atoms with Crippen LogP contribution in [0.3, 0.4) is 0 Å². The van der Waals surface area contributed by atoms with Crippen molar-refractivity contribution in [2.45, 2.75) is 13.0 Å². The van der Waals surface area contributed by atoms with Crippen LogP contribution in [0.25, 0.3) is 22.2 Å². The van der Waals surface area contributed by atoms with Crippen molar-refractivity contribution in [1.29, 1.82) is 0 Å². The van der Waals surface area contributed by atoms with Gasteiger partial charge in [-0.3, -0.25) is 4.79 Å². The maximum Gasteiger partial charge on any atom is 0.254 e. The largest absolute Gasteiger partial charge is 0.355 e. The summed E-state index contributed by atoms with van der Waals surface area (Å²) >= 11 is 5.98. The van der Waals surface area contributed by atoms with Gasteiger partial charge in [0.1, 0.15) is 5.52 Å². The Labute approximate surface area is 167 Å². The highest BCUT2D eigenvalue weighted by atomic mass is 35.5. The molecule has 0 atom stereocenters. The molecule has 0 radical (unpaired) electrons. The van der Waals surface area contributed by atoms with E-state index >= 15 is 0 Å². The smallest absolute Gasteiger partial charge is 0.254 e. The van der Waals surface area contributed by atoms with Gasteiger partial charge in [-0.1, -0.05) is 41.0 Å². The zero-order valence-electron chi connectivity index (χ0n) is 15.1. The molecule has 1 amide bonds. The van der Waals surface area contributed by atoms with Gasteiger partial charge in [0.05, 0.1) is 5.39 Å². The molecule has 3 aromatic carbocycles. The Morgan fingerprint density at radius 3 is 2.61 bits per heavy atom. The molecule has 1 aliphatic heterocycles. The van der Waals surface area contributed by atoms with E-state index in [1.165, 1.54) is 11.1 Å². The van der Waals surface area contributed by atoms with Crippen LogP contribution < -0.4 is 0 Å². The third-order valence-electron chi connectivity index (χ3n) is 5.25. The van der Waals surface area contributed by atoms with Gasteiger partial charge in [-0.25, -0.2) is 0 Å². The van der Waals surface area contributed by atoms with Gasteiger partial charge in [-0.05, 0) is 60.0 Å². The lowest BCUT2D eigenvalue weighted by molar-refractivity contribution is 0.0735. The molecule has 5 heteroatoms. The molecule has 0 aliphatic carbocycles. The fraction of sp³-hybridized carbons (Fsp3) is 0.130. The Morgan fingerprint density at radius 1 is 1.00 bits per heavy atom. The fourth-order valence-electron chi connectivity index (χ4n) is 3.74. The Balaban J connectivity index is 1.49. The molecule has 1 aliphatic rings. The van der Waals surface area contributed by atoms with E-state index < -0.39 is 0 Å². The average molecular weight is 389 g/mol. The van der Waals surface area contributed by atoms with E-state index in [1.54, 1.807) is 0 Å². The Bertz CT molecular complexity index is 1180. The molecule has 28 heavy (non-hydrogen) atoms. The summed E-state index contributed by atoms with van der Waals surface area (Å²) in [7, 11) is 0. The number of aromatic nitrogens is 1. The number of fused-ring (bicyclic) bond motifs is 2. The first kappa shape index (κ1) is 17.0. The highest BCUT2D eigenvalue weighted by Gasteiger charge is 2.22. The molecular weight excluding hydrogens is 372 g/mol. The van der Waals surface area contributed by atoms with Crippen LogP contribution in [0.2, 0.25) is 5.02 Å². The predicted octanol–water partition coefficient (Wildman–Crippen LogP) is 5.35. The van der Waals surface area contributed by atoms with E-state index in [-0.39, 0.29) is 5.91 Å². The molecule has 0 saturated carbocycles. The van der Waals surface area contributed by atoms with Gasteiger partial charge < -0.3 is 9.42 Å². The SMILES string of the molecule is O=C(c1ccc2noc(-c3ccc(Cl)cc3)c2c1)N1CCc2ccccc2C1. The van der Waals surface area contributed by atoms with E-state index in [2.05, 4.69) is 23.4 Å². The third kappa shape index (κ3) is 2.96. The first-order chi connectivity index (χ1) is 13.7. The molecule has 4 aromatic rings. The second kappa shape index (κ2) is 6.80. The van der Waals surface area contributed by atoms with Crippen LogP contribution in [0.4, 0.5) is 0 Å². The van der Waals surface area contributed by atoms with Crippen LogP contribution >= 0.6 is 11.6 Å². The molecule has 0 unspecified atom stereocenters. The fourth-order valence-corrected chi connectivity index (χ4v) is 3.86. The van der Waals surface area contributed by atoms with Crippen molar-refractivity contribution in [1.82, 2.24) is 10.1 Å². The Morgan fingerprint density at radius 2 is 1.79 bits per heavy atom. The summed E-state index contributed by atoms with van der Waals surface area (Å²) in [5.41, 5.74) is 4.79. The number of carbonyl (C=O) groups excluding carboxylic acids is 1. The van der Waals surface area contributed by atoms with Gasteiger partial charge in [0, 0.05) is 29.2 Å². The molecule has 5 rings (SSSR count). The minimum atomic E-state index is 0.0275. The molecule has 2 heterocycles. The number of benzene rings is 3. The van der Waals surface area contributed by atoms with Crippen LogP contribution in [0, 0.1) is 0 Å². The summed E-state index contributed by atoms with van der Waals surface area (Å²) in [5, 5.41) is 5.61. The van der Waals surface area contributed by atoms with Gasteiger partial charge in [0.25, 0.3) is 5.91 Å². The molecule has 1 aromatic heterocycles. The summed E-state index contributed by atoms with van der Waals surface area (Å²) < 4.78 is 5.55. The van der Waals surface area contributed by atoms with Crippen LogP contribution in [0.15, 0.2) is 71.3 Å². The molecule has 138 valence electrons. The standard InChI is InChI=1S/C23H17ClN2O2/c24-19-8-5-16(6-9-19)22-20-13-17(7-10-21(20)25-28-22)23(27)26-12-11-15-3-1-2-4-18(15)14-26/h1-10,13H,11-12,14H2. The van der Waals surface area contributed by atoms with E-state index in [0.29, 0.717) is 22.9 Å². The number of hydrogen-bond acceptors (Lipinski definition) is 3. The van der Waals surface area contributed by atoms with Crippen molar-refractivity contribution < 1.29 is 9.32 Å². The molecule has 0 N–H and O–H groups in total. The van der Waals surface area contributed by atoms with E-state index in [9.17, 15) is 4.79 Å². The van der Waals surface area contributed by atoms with E-state index in [0.717, 1.165) is 29.4 Å². The summed E-state index contributed by atoms with van der Waals surface area (Å²) in [6.45, 7) is 1.36. The predicted molar refractivity (Wildman–Crippen MR) is 109 cm³/mol. The minimum absolute atomic E-state index is 0.0275. The summed E-state index contributed by atoms with van der Waals surface area (Å²) in [6, 6.07) is 21.2. The monoisotopic (exact) mass is 388 g/mol. The Kier molecular flexibility index (Phi) is 4.14. The second-order valence-corrected chi connectivity index (χ2v) is 7.43. The lowest BCUT2D eigenvalue weighted by Gasteiger charge is -2.29. The lowest BCUT2D eigenvalue weighted by Crippen LogP contribution is -2.35. The number of halogens is 1. The van der Waals surface area contributed by atoms with Crippen molar-refractivity contribution in [3.8, 4) is 11.3 Å². The molecule has 0 bridgehead atoms. The molecular formula is C23H17ClN2O2. The zero-order valence-corrected chi connectivity index (χ0v) is 15.8. The number of rotatable bonds is 2. The van der Waals surface area contributed by atoms with Gasteiger partial charge in [-0.2, -0.15) is 0 Å². The first-order valence-corrected chi connectivity index (χ1v) is 9.58. The summed E-state index contributed by atoms with van der Waals surface area (Å²) in [6.07, 6.45) is 0.882. The second-order valence-electron chi connectivity index (χ2n) is 7.00. The van der Waals surface area contributed by atoms with Crippen molar-refractivity contribution in [3.05, 3.63) is 88.4 Å². The third-order valence-corrected chi connectivity index (χ3v) is 5.50. The summed E-state index contributed by atoms with van der Waals surface area (Å²) in [5.74, 6) is 0.671. The van der Waals surface area contributed by atoms with Crippen molar-refractivity contribution in [2.75, 3.05) is 6.54 Å². The van der Waals surface area contributed by atoms with Crippen molar-refractivity contribution in [2.24, 2.45) is 0 Å². The number of amides is 1. The molecule has 0 spiro atoms. The normalized spacial score (nSPS) is 13.5. The van der Waals surface area contributed by atoms with Crippen LogP contribution in [0.5, 0.6) is 0 Å². The number of carbonyl (C=O) groups is 1. The minimum Gasteiger partial charge on any atom is -0.355 e. The zero-order chi connectivity index (χ0) is 19.1. The van der Waals surface area contributed by atoms with Gasteiger partial charge in [0.2, 0.25) is 0 Å². The van der Waals surface area contributed by atoms with E-state index in [1.807, 2.05) is 53.4 Å². The van der Waals surface area contributed by atoms with Crippen molar-refractivity contribution in [3.63, 3.8) is 0 Å². The van der Waals surface area contributed by atoms with Crippen LogP contribution in [-0.4, -0.2) is 22.5 Å². The molecule has 0 saturated heterocycles. The first-order valence-electron chi connectivity index (χ1n) is 9.20.